The average Bonchev–Trinajstić information content (AvgIpc) is 3.11. The Labute approximate surface area is 152 Å². The topological polar surface area (TPSA) is 76.4 Å². The predicted octanol–water partition coefficient (Wildman–Crippen LogP) is 3.26. The molecule has 0 spiro atoms. The monoisotopic (exact) mass is 378 g/mol. The highest BCUT2D eigenvalue weighted by Gasteiger charge is 2.27. The minimum Gasteiger partial charge on any atom is -0.221 e. The van der Waals surface area contributed by atoms with Crippen molar-refractivity contribution in [2.75, 3.05) is 0 Å². The maximum absolute atomic E-state index is 12.9. The second-order valence-corrected chi connectivity index (χ2v) is 8.93. The van der Waals surface area contributed by atoms with Gasteiger partial charge in [-0.1, -0.05) is 56.4 Å². The first-order valence-corrected chi connectivity index (χ1v) is 10.6. The zero-order valence-electron chi connectivity index (χ0n) is 14.8. The van der Waals surface area contributed by atoms with Crippen LogP contribution in [0.2, 0.25) is 0 Å². The zero-order chi connectivity index (χ0) is 18.2. The Bertz CT molecular complexity index is 1000. The van der Waals surface area contributed by atoms with E-state index in [2.05, 4.69) is 14.8 Å². The van der Waals surface area contributed by atoms with Crippen LogP contribution in [0.1, 0.15) is 48.5 Å². The average molecular weight is 379 g/mol. The van der Waals surface area contributed by atoms with Gasteiger partial charge in [-0.25, -0.2) is 18.1 Å². The first-order valence-electron chi connectivity index (χ1n) is 8.26. The summed E-state index contributed by atoms with van der Waals surface area (Å²) < 4.78 is 30.1. The number of fused-ring (bicyclic) bond motifs is 1. The Balaban J connectivity index is 1.99. The molecule has 1 aromatic carbocycles. The molecular formula is C17H22N4O2S2. The van der Waals surface area contributed by atoms with Crippen LogP contribution >= 0.6 is 11.3 Å². The van der Waals surface area contributed by atoms with Gasteiger partial charge in [0, 0.05) is 12.5 Å². The molecule has 0 saturated carbocycles. The fourth-order valence-corrected chi connectivity index (χ4v) is 4.88. The molecular weight excluding hydrogens is 356 g/mol. The molecule has 0 aliphatic carbocycles. The first-order chi connectivity index (χ1) is 11.8. The number of hydrogen-bond donors (Lipinski definition) is 1. The van der Waals surface area contributed by atoms with Gasteiger partial charge in [0.1, 0.15) is 5.01 Å². The molecule has 0 radical (unpaired) electrons. The lowest BCUT2D eigenvalue weighted by Crippen LogP contribution is -2.26. The molecule has 0 saturated heterocycles. The molecule has 134 valence electrons. The lowest BCUT2D eigenvalue weighted by Gasteiger charge is -2.09. The second kappa shape index (κ2) is 6.86. The van der Waals surface area contributed by atoms with E-state index < -0.39 is 10.0 Å². The summed E-state index contributed by atoms with van der Waals surface area (Å²) in [6.45, 7) is 8.17. The lowest BCUT2D eigenvalue weighted by molar-refractivity contribution is 0.570. The summed E-state index contributed by atoms with van der Waals surface area (Å²) in [7, 11) is -3.72. The Morgan fingerprint density at radius 3 is 2.64 bits per heavy atom. The van der Waals surface area contributed by atoms with Crippen LogP contribution in [-0.4, -0.2) is 23.0 Å². The Morgan fingerprint density at radius 2 is 2.00 bits per heavy atom. The van der Waals surface area contributed by atoms with Gasteiger partial charge in [0.25, 0.3) is 10.0 Å². The Kier molecular flexibility index (Phi) is 4.95. The van der Waals surface area contributed by atoms with Crippen molar-refractivity contribution in [3.05, 3.63) is 46.1 Å². The SMILES string of the molecule is CCc1nc2sc(C(C)C)nn2c1S(=O)(=O)NCc1ccccc1C. The highest BCUT2D eigenvalue weighted by atomic mass is 32.2. The van der Waals surface area contributed by atoms with Crippen molar-refractivity contribution in [1.82, 2.24) is 19.3 Å². The molecule has 8 heteroatoms. The van der Waals surface area contributed by atoms with E-state index in [-0.39, 0.29) is 17.5 Å². The van der Waals surface area contributed by atoms with E-state index in [1.807, 2.05) is 52.0 Å². The standard InChI is InChI=1S/C17H22N4O2S2/c1-5-14-16(21-17(19-14)24-15(20-21)11(2)3)25(22,23)18-10-13-9-7-6-8-12(13)4/h6-9,11,18H,5,10H2,1-4H3. The summed E-state index contributed by atoms with van der Waals surface area (Å²) in [5.41, 5.74) is 2.55. The van der Waals surface area contributed by atoms with E-state index in [0.717, 1.165) is 16.1 Å². The van der Waals surface area contributed by atoms with Gasteiger partial charge >= 0.3 is 0 Å². The molecule has 2 heterocycles. The largest absolute Gasteiger partial charge is 0.260 e. The van der Waals surface area contributed by atoms with Gasteiger partial charge in [0.05, 0.1) is 5.69 Å². The van der Waals surface area contributed by atoms with Crippen LogP contribution in [0.25, 0.3) is 4.96 Å². The summed E-state index contributed by atoms with van der Waals surface area (Å²) >= 11 is 1.44. The van der Waals surface area contributed by atoms with Crippen LogP contribution in [0.15, 0.2) is 29.3 Å². The van der Waals surface area contributed by atoms with Gasteiger partial charge in [-0.2, -0.15) is 9.61 Å². The van der Waals surface area contributed by atoms with Crippen molar-refractivity contribution < 1.29 is 8.42 Å². The second-order valence-electron chi connectivity index (χ2n) is 6.26. The molecule has 25 heavy (non-hydrogen) atoms. The highest BCUT2D eigenvalue weighted by Crippen LogP contribution is 2.26. The maximum atomic E-state index is 12.9. The van der Waals surface area contributed by atoms with Gasteiger partial charge in [0.2, 0.25) is 4.96 Å². The molecule has 0 fully saturated rings. The van der Waals surface area contributed by atoms with Crippen LogP contribution in [-0.2, 0) is 23.0 Å². The predicted molar refractivity (Wildman–Crippen MR) is 99.5 cm³/mol. The molecule has 3 aromatic rings. The van der Waals surface area contributed by atoms with Crippen molar-refractivity contribution in [2.45, 2.75) is 51.6 Å². The molecule has 0 aliphatic heterocycles. The number of nitrogens with one attached hydrogen (secondary N) is 1. The first kappa shape index (κ1) is 18.0. The van der Waals surface area contributed by atoms with Gasteiger partial charge < -0.3 is 0 Å². The van der Waals surface area contributed by atoms with E-state index in [1.54, 1.807) is 0 Å². The number of aryl methyl sites for hydroxylation is 2. The highest BCUT2D eigenvalue weighted by molar-refractivity contribution is 7.89. The van der Waals surface area contributed by atoms with E-state index in [1.165, 1.54) is 15.9 Å². The minimum atomic E-state index is -3.72. The van der Waals surface area contributed by atoms with Crippen LogP contribution in [0.3, 0.4) is 0 Å². The minimum absolute atomic E-state index is 0.154. The van der Waals surface area contributed by atoms with Gasteiger partial charge in [0.15, 0.2) is 5.03 Å². The normalized spacial score (nSPS) is 12.4. The summed E-state index contributed by atoms with van der Waals surface area (Å²) in [6, 6.07) is 7.73. The van der Waals surface area contributed by atoms with Crippen molar-refractivity contribution in [2.24, 2.45) is 0 Å². The summed E-state index contributed by atoms with van der Waals surface area (Å²) in [4.78, 5) is 5.09. The van der Waals surface area contributed by atoms with Crippen LogP contribution in [0, 0.1) is 6.92 Å². The fraction of sp³-hybridized carbons (Fsp3) is 0.412. The third kappa shape index (κ3) is 3.47. The van der Waals surface area contributed by atoms with E-state index >= 15 is 0 Å². The molecule has 3 rings (SSSR count). The lowest BCUT2D eigenvalue weighted by atomic mass is 10.1. The third-order valence-electron chi connectivity index (χ3n) is 4.04. The number of benzene rings is 1. The van der Waals surface area contributed by atoms with Gasteiger partial charge in [-0.3, -0.25) is 0 Å². The van der Waals surface area contributed by atoms with Crippen LogP contribution in [0.5, 0.6) is 0 Å². The number of nitrogens with zero attached hydrogens (tertiary/aromatic N) is 3. The van der Waals surface area contributed by atoms with Crippen molar-refractivity contribution in [3.8, 4) is 0 Å². The van der Waals surface area contributed by atoms with E-state index in [4.69, 9.17) is 0 Å². The number of imidazole rings is 1. The van der Waals surface area contributed by atoms with E-state index in [9.17, 15) is 8.42 Å². The molecule has 0 amide bonds. The molecule has 0 aliphatic rings. The smallest absolute Gasteiger partial charge is 0.221 e. The Hall–Kier alpha value is -1.77. The zero-order valence-corrected chi connectivity index (χ0v) is 16.4. The third-order valence-corrected chi connectivity index (χ3v) is 6.69. The summed E-state index contributed by atoms with van der Waals surface area (Å²) in [6.07, 6.45) is 0.535. The molecule has 0 atom stereocenters. The number of sulfonamides is 1. The van der Waals surface area contributed by atoms with Crippen molar-refractivity contribution in [1.29, 1.82) is 0 Å². The number of hydrogen-bond acceptors (Lipinski definition) is 5. The summed E-state index contributed by atoms with van der Waals surface area (Å²) in [5.74, 6) is 0.229. The molecule has 0 bridgehead atoms. The maximum Gasteiger partial charge on any atom is 0.260 e. The van der Waals surface area contributed by atoms with E-state index in [0.29, 0.717) is 17.1 Å². The van der Waals surface area contributed by atoms with Crippen LogP contribution in [0.4, 0.5) is 0 Å². The molecule has 2 aromatic heterocycles. The van der Waals surface area contributed by atoms with Crippen LogP contribution < -0.4 is 4.72 Å². The Morgan fingerprint density at radius 1 is 1.28 bits per heavy atom. The molecule has 0 unspecified atom stereocenters. The quantitative estimate of drug-likeness (QED) is 0.714. The fourth-order valence-electron chi connectivity index (χ4n) is 2.57. The van der Waals surface area contributed by atoms with Crippen molar-refractivity contribution >= 4 is 26.3 Å². The number of aromatic nitrogens is 3. The summed E-state index contributed by atoms with van der Waals surface area (Å²) in [5, 5.41) is 5.50. The number of rotatable bonds is 6. The van der Waals surface area contributed by atoms with Crippen molar-refractivity contribution in [3.63, 3.8) is 0 Å². The van der Waals surface area contributed by atoms with Gasteiger partial charge in [-0.15, -0.1) is 0 Å². The molecule has 1 N–H and O–H groups in total. The molecule has 6 nitrogen and oxygen atoms in total. The van der Waals surface area contributed by atoms with Gasteiger partial charge in [-0.05, 0) is 24.5 Å².